The number of hydrogen-bond donors (Lipinski definition) is 6. The van der Waals surface area contributed by atoms with Crippen molar-refractivity contribution in [2.45, 2.75) is 170 Å². The highest BCUT2D eigenvalue weighted by atomic mass is 32.2. The molecule has 0 atom stereocenters. The molecule has 0 aliphatic rings. The molecule has 0 fully saturated rings. The van der Waals surface area contributed by atoms with Gasteiger partial charge in [-0.25, -0.2) is 39.9 Å². The number of hydrogen-bond acceptors (Lipinski definition) is 22. The molecule has 12 aromatic rings. The molecule has 6 N–H and O–H groups in total. The molecular formula is C96H102F13N15O12S4. The second-order valence-corrected chi connectivity index (χ2v) is 38.1. The number of nitrogens with zero attached hydrogens (tertiary/aromatic N) is 11. The van der Waals surface area contributed by atoms with E-state index in [-0.39, 0.29) is 90.7 Å². The molecule has 0 saturated carbocycles. The van der Waals surface area contributed by atoms with Gasteiger partial charge >= 0.3 is 30.7 Å². The molecule has 0 aliphatic carbocycles. The summed E-state index contributed by atoms with van der Waals surface area (Å²) in [6.45, 7) is 16.1. The van der Waals surface area contributed by atoms with Crippen molar-refractivity contribution in [3.8, 4) is 45.0 Å². The third kappa shape index (κ3) is 31.3. The number of carbonyl (C=O) groups is 2. The van der Waals surface area contributed by atoms with Crippen LogP contribution in [0.1, 0.15) is 142 Å². The van der Waals surface area contributed by atoms with E-state index < -0.39 is 110 Å². The second kappa shape index (κ2) is 49.5. The van der Waals surface area contributed by atoms with Gasteiger partial charge in [0.2, 0.25) is 5.95 Å². The van der Waals surface area contributed by atoms with Crippen molar-refractivity contribution < 1.29 is 111 Å². The molecule has 748 valence electrons. The number of carbonyl (C=O) groups excluding carboxylic acids is 1. The zero-order valence-corrected chi connectivity index (χ0v) is 80.0. The fourth-order valence-electron chi connectivity index (χ4n) is 13.9. The van der Waals surface area contributed by atoms with Crippen molar-refractivity contribution in [3.05, 3.63) is 269 Å². The number of aliphatic hydroxyl groups is 1. The number of benzene rings is 4. The predicted octanol–water partition coefficient (Wildman–Crippen LogP) is 21.7. The fraction of sp³-hybridized carbons (Fsp3) is 0.312. The number of unbranched alkanes of at least 4 members (excludes halogenated alkanes) is 5. The highest BCUT2D eigenvalue weighted by Gasteiger charge is 2.40. The third-order valence-corrected chi connectivity index (χ3v) is 26.0. The average molecular weight is 2030 g/mol. The fourth-order valence-corrected chi connectivity index (χ4v) is 17.8. The number of carboxylic acid groups (broad SMARTS) is 1. The first-order valence-corrected chi connectivity index (χ1v) is 49.8. The summed E-state index contributed by atoms with van der Waals surface area (Å²) >= 11 is 0. The number of halogens is 13. The van der Waals surface area contributed by atoms with Gasteiger partial charge in [-0.05, 0) is 192 Å². The van der Waals surface area contributed by atoms with Crippen LogP contribution in [0.25, 0.3) is 45.0 Å². The number of rotatable bonds is 40. The summed E-state index contributed by atoms with van der Waals surface area (Å²) in [5.74, 6) is -1.82. The number of aryl methyl sites for hydroxylation is 4. The van der Waals surface area contributed by atoms with Gasteiger partial charge in [0.15, 0.2) is 20.1 Å². The van der Waals surface area contributed by atoms with Crippen LogP contribution in [0.2, 0.25) is 0 Å². The van der Waals surface area contributed by atoms with Crippen LogP contribution in [0.4, 0.5) is 97.8 Å². The summed E-state index contributed by atoms with van der Waals surface area (Å²) in [5, 5.41) is 16.5. The van der Waals surface area contributed by atoms with Gasteiger partial charge in [-0.1, -0.05) is 161 Å². The van der Waals surface area contributed by atoms with Gasteiger partial charge in [0.1, 0.15) is 47.0 Å². The molecule has 0 radical (unpaired) electrons. The number of aliphatic carboxylic acids is 1. The molecule has 0 unspecified atom stereocenters. The zero-order chi connectivity index (χ0) is 103. The second-order valence-electron chi connectivity index (χ2n) is 31.6. The molecule has 0 spiro atoms. The van der Waals surface area contributed by atoms with Crippen molar-refractivity contribution in [1.82, 2.24) is 39.9 Å². The van der Waals surface area contributed by atoms with Crippen LogP contribution in [0.5, 0.6) is 0 Å². The Hall–Kier alpha value is -13.3. The molecule has 0 amide bonds. The minimum atomic E-state index is -4.69. The van der Waals surface area contributed by atoms with Crippen LogP contribution in [-0.4, -0.2) is 142 Å². The van der Waals surface area contributed by atoms with E-state index >= 15 is 0 Å². The highest BCUT2D eigenvalue weighted by Crippen LogP contribution is 2.44. The number of aldehydes is 1. The molecule has 4 aromatic carbocycles. The maximum absolute atomic E-state index is 13.7. The van der Waals surface area contributed by atoms with E-state index in [9.17, 15) is 100 Å². The number of aliphatic hydroxyl groups excluding tert-OH is 1. The number of sulfonamides is 4. The molecule has 8 heterocycles. The number of anilines is 7. The van der Waals surface area contributed by atoms with Crippen molar-refractivity contribution in [2.75, 3.05) is 79.5 Å². The SMILES string of the molecule is CCCCN(CCCC(=O)O)c1cccc(S(=O)(=O)Nc2ccc(C(F)(F)F)c(-c3ccccc3C)n2)n1.CCCCN(CCCC=O)c1cccc(S(=O)(=O)Nc2ccc(C(F)(F)F)c(-c3ccccc3C)n2)n1.CCCCN(CCCCO)c1cccc(S(=O)(=O)Nc2ccc(C(F)(F)F)c(-c3ccccc3C)n2)n1.Cc1ccccc1-c1nc(NS(=O)(=O)c2cccc(F)n2)ccc1C(F)(F)F. The summed E-state index contributed by atoms with van der Waals surface area (Å²) in [6, 6.07) is 49.3. The van der Waals surface area contributed by atoms with E-state index in [1.807, 2.05) is 40.2 Å². The maximum Gasteiger partial charge on any atom is 0.418 e. The van der Waals surface area contributed by atoms with Gasteiger partial charge in [-0.15, -0.1) is 0 Å². The van der Waals surface area contributed by atoms with Gasteiger partial charge < -0.3 is 29.7 Å². The minimum Gasteiger partial charge on any atom is -0.481 e. The Morgan fingerprint density at radius 1 is 0.329 bits per heavy atom. The highest BCUT2D eigenvalue weighted by molar-refractivity contribution is 7.93. The molecule has 12 rings (SSSR count). The van der Waals surface area contributed by atoms with Crippen LogP contribution in [0, 0.1) is 33.6 Å². The summed E-state index contributed by atoms with van der Waals surface area (Å²) < 4.78 is 289. The lowest BCUT2D eigenvalue weighted by Crippen LogP contribution is -2.28. The zero-order valence-electron chi connectivity index (χ0n) is 76.7. The largest absolute Gasteiger partial charge is 0.481 e. The molecule has 8 aromatic heterocycles. The molecule has 0 saturated heterocycles. The average Bonchev–Trinajstić information content (AvgIpc) is 0.786. The van der Waals surface area contributed by atoms with Gasteiger partial charge in [0, 0.05) is 81.0 Å². The lowest BCUT2D eigenvalue weighted by atomic mass is 10.0. The molecule has 27 nitrogen and oxygen atoms in total. The number of aromatic nitrogens is 8. The van der Waals surface area contributed by atoms with E-state index in [0.29, 0.717) is 111 Å². The van der Waals surface area contributed by atoms with E-state index in [0.717, 1.165) is 112 Å². The quantitative estimate of drug-likeness (QED) is 0.00899. The van der Waals surface area contributed by atoms with Crippen LogP contribution in [0.15, 0.2) is 238 Å². The molecule has 0 bridgehead atoms. The number of alkyl halides is 12. The lowest BCUT2D eigenvalue weighted by Gasteiger charge is -2.24. The number of pyridine rings is 8. The Bertz CT molecular complexity index is 6730. The summed E-state index contributed by atoms with van der Waals surface area (Å²) in [5.41, 5.74) is -2.28. The Morgan fingerprint density at radius 2 is 0.586 bits per heavy atom. The van der Waals surface area contributed by atoms with Crippen LogP contribution >= 0.6 is 0 Å². The van der Waals surface area contributed by atoms with Crippen molar-refractivity contribution in [3.63, 3.8) is 0 Å². The normalized spacial score (nSPS) is 11.9. The van der Waals surface area contributed by atoms with Crippen molar-refractivity contribution in [1.29, 1.82) is 0 Å². The predicted molar refractivity (Wildman–Crippen MR) is 508 cm³/mol. The van der Waals surface area contributed by atoms with Gasteiger partial charge in [0.05, 0.1) is 45.0 Å². The first kappa shape index (κ1) is 110. The Balaban J connectivity index is 0.000000210. The van der Waals surface area contributed by atoms with E-state index in [1.54, 1.807) is 131 Å². The Morgan fingerprint density at radius 3 is 0.836 bits per heavy atom. The minimum absolute atomic E-state index is 0.0367. The van der Waals surface area contributed by atoms with E-state index in [4.69, 9.17) is 10.2 Å². The van der Waals surface area contributed by atoms with Gasteiger partial charge in [-0.3, -0.25) is 23.7 Å². The Labute approximate surface area is 802 Å². The van der Waals surface area contributed by atoms with Crippen LogP contribution in [-0.2, 0) is 74.4 Å². The molecule has 44 heteroatoms. The lowest BCUT2D eigenvalue weighted by molar-refractivity contribution is -0.138. The standard InChI is InChI=1S/C26H29F3N4O4S.C26H31F3N4O3S.C26H29F3N4O3S.C18H13F4N3O2S/c1-3-4-16-33(17-8-13-24(34)35)22-11-7-12-23(31-22)38(36,37)32-21-15-14-20(26(27,28)29)25(30-21)19-10-6-5-9-18(19)2;2*1-3-4-16-33(17-7-8-18-34)23-12-9-13-24(31-23)37(35,36)32-22-15-14-21(26(27,28)29)25(30-22)20-11-6-5-10-19(20)2;1-11-5-2-3-6-12(11)17-13(18(20,21)22)9-10-15(24-17)25-28(26,27)16-8-4-7-14(19)23-16/h5-7,9-12,14-15H,3-4,8,13,16-17H2,1-2H3,(H,30,32)(H,34,35);5-6,9-15,34H,3-4,7-8,16-18H2,1-2H3,(H,30,32);5-6,9-15,18H,3-4,7-8,16-17H2,1-2H3,(H,30,32);2-10H,1H3,(H,24,25). The van der Waals surface area contributed by atoms with E-state index in [2.05, 4.69) is 54.0 Å². The summed E-state index contributed by atoms with van der Waals surface area (Å²) in [4.78, 5) is 59.5. The molecule has 140 heavy (non-hydrogen) atoms. The third-order valence-electron chi connectivity index (χ3n) is 21.0. The number of carboxylic acids is 1. The van der Waals surface area contributed by atoms with Crippen LogP contribution in [0.3, 0.4) is 0 Å². The summed E-state index contributed by atoms with van der Waals surface area (Å²) in [7, 11) is -17.1. The monoisotopic (exact) mass is 2030 g/mol. The summed E-state index contributed by atoms with van der Waals surface area (Å²) in [6.07, 6.45) is -10.00. The van der Waals surface area contributed by atoms with Crippen molar-refractivity contribution >= 4 is 93.1 Å². The van der Waals surface area contributed by atoms with Gasteiger partial charge in [0.25, 0.3) is 40.1 Å². The molecular weight excluding hydrogens is 1930 g/mol. The van der Waals surface area contributed by atoms with Crippen LogP contribution < -0.4 is 33.6 Å². The molecule has 0 aliphatic heterocycles. The smallest absolute Gasteiger partial charge is 0.418 e. The topological polar surface area (TPSA) is 372 Å². The Kier molecular flexibility index (Phi) is 39.0. The first-order chi connectivity index (χ1) is 66.1. The van der Waals surface area contributed by atoms with E-state index in [1.165, 1.54) is 48.5 Å². The van der Waals surface area contributed by atoms with Gasteiger partial charge in [-0.2, -0.15) is 90.7 Å². The maximum atomic E-state index is 13.7. The van der Waals surface area contributed by atoms with Crippen molar-refractivity contribution in [2.24, 2.45) is 0 Å². The first-order valence-electron chi connectivity index (χ1n) is 43.9. The number of nitrogens with one attached hydrogen (secondary N) is 4.